The lowest BCUT2D eigenvalue weighted by Crippen LogP contribution is -2.35. The van der Waals surface area contributed by atoms with E-state index in [2.05, 4.69) is 10.3 Å². The first kappa shape index (κ1) is 11.0. The number of fused-ring (bicyclic) bond motifs is 1. The van der Waals surface area contributed by atoms with Crippen LogP contribution >= 0.6 is 0 Å². The number of aliphatic carboxylic acids is 1. The first-order chi connectivity index (χ1) is 8.22. The number of aromatic nitrogens is 1. The lowest BCUT2D eigenvalue weighted by atomic mass is 10.1. The lowest BCUT2D eigenvalue weighted by Gasteiger charge is -2.08. The zero-order valence-electron chi connectivity index (χ0n) is 8.97. The second kappa shape index (κ2) is 4.58. The molecule has 0 aliphatic carbocycles. The molecule has 0 aliphatic rings. The quantitative estimate of drug-likeness (QED) is 0.543. The van der Waals surface area contributed by atoms with E-state index in [9.17, 15) is 4.79 Å². The molecule has 1 atom stereocenters. The summed E-state index contributed by atoms with van der Waals surface area (Å²) in [7, 11) is 0. The molecule has 1 heterocycles. The van der Waals surface area contributed by atoms with Gasteiger partial charge in [0.15, 0.2) is 6.19 Å². The summed E-state index contributed by atoms with van der Waals surface area (Å²) >= 11 is 0. The molecule has 0 amide bonds. The summed E-state index contributed by atoms with van der Waals surface area (Å²) < 4.78 is 0. The van der Waals surface area contributed by atoms with Crippen molar-refractivity contribution in [3.8, 4) is 6.19 Å². The third-order valence-corrected chi connectivity index (χ3v) is 2.64. The highest BCUT2D eigenvalue weighted by Gasteiger charge is 2.18. The number of carbonyl (C=O) groups is 1. The summed E-state index contributed by atoms with van der Waals surface area (Å²) in [5, 5.41) is 20.7. The topological polar surface area (TPSA) is 88.9 Å². The number of benzene rings is 1. The van der Waals surface area contributed by atoms with E-state index < -0.39 is 12.0 Å². The van der Waals surface area contributed by atoms with Gasteiger partial charge in [-0.2, -0.15) is 5.26 Å². The maximum Gasteiger partial charge on any atom is 0.327 e. The number of nitrogens with zero attached hydrogens (tertiary/aromatic N) is 1. The van der Waals surface area contributed by atoms with Gasteiger partial charge in [-0.05, 0) is 11.6 Å². The fourth-order valence-electron chi connectivity index (χ4n) is 1.80. The number of rotatable bonds is 4. The van der Waals surface area contributed by atoms with Gasteiger partial charge < -0.3 is 15.4 Å². The summed E-state index contributed by atoms with van der Waals surface area (Å²) in [6.45, 7) is 0. The molecule has 3 N–H and O–H groups in total. The van der Waals surface area contributed by atoms with Gasteiger partial charge in [0.25, 0.3) is 0 Å². The number of hydrogen-bond donors (Lipinski definition) is 3. The van der Waals surface area contributed by atoms with E-state index >= 15 is 0 Å². The summed E-state index contributed by atoms with van der Waals surface area (Å²) in [5.74, 6) is -1.03. The number of aromatic amines is 1. The number of nitriles is 1. The standard InChI is InChI=1S/C12H11N3O2/c13-7-15-11(12(16)17)5-8-6-14-10-4-2-1-3-9(8)10/h1-4,6,11,14-15H,5H2,(H,16,17). The molecule has 0 aliphatic heterocycles. The number of carboxylic acids is 1. The van der Waals surface area contributed by atoms with Crippen molar-refractivity contribution in [1.82, 2.24) is 10.3 Å². The van der Waals surface area contributed by atoms with Crippen molar-refractivity contribution in [2.45, 2.75) is 12.5 Å². The van der Waals surface area contributed by atoms with Gasteiger partial charge in [-0.15, -0.1) is 0 Å². The first-order valence-corrected chi connectivity index (χ1v) is 5.15. The number of nitrogens with one attached hydrogen (secondary N) is 2. The van der Waals surface area contributed by atoms with Crippen LogP contribution in [0.15, 0.2) is 30.5 Å². The predicted octanol–water partition coefficient (Wildman–Crippen LogP) is 1.23. The first-order valence-electron chi connectivity index (χ1n) is 5.15. The minimum absolute atomic E-state index is 0.271. The van der Waals surface area contributed by atoms with Gasteiger partial charge in [0.05, 0.1) is 0 Å². The monoisotopic (exact) mass is 229 g/mol. The van der Waals surface area contributed by atoms with Crippen LogP contribution in [-0.4, -0.2) is 22.1 Å². The van der Waals surface area contributed by atoms with Crippen molar-refractivity contribution in [1.29, 1.82) is 5.26 Å². The van der Waals surface area contributed by atoms with Gasteiger partial charge >= 0.3 is 5.97 Å². The Morgan fingerprint density at radius 1 is 1.53 bits per heavy atom. The van der Waals surface area contributed by atoms with Crippen LogP contribution in [0, 0.1) is 11.5 Å². The molecule has 1 unspecified atom stereocenters. The largest absolute Gasteiger partial charge is 0.480 e. The van der Waals surface area contributed by atoms with Crippen molar-refractivity contribution in [2.24, 2.45) is 0 Å². The minimum Gasteiger partial charge on any atom is -0.480 e. The molecule has 0 fully saturated rings. The Morgan fingerprint density at radius 3 is 3.00 bits per heavy atom. The molecule has 1 aromatic heterocycles. The minimum atomic E-state index is -1.03. The summed E-state index contributed by atoms with van der Waals surface area (Å²) in [5.41, 5.74) is 1.85. The highest BCUT2D eigenvalue weighted by atomic mass is 16.4. The number of para-hydroxylation sites is 1. The molecule has 2 aromatic rings. The van der Waals surface area contributed by atoms with Gasteiger partial charge in [0.2, 0.25) is 0 Å². The van der Waals surface area contributed by atoms with Crippen molar-refractivity contribution in [2.75, 3.05) is 0 Å². The molecule has 17 heavy (non-hydrogen) atoms. The predicted molar refractivity (Wildman–Crippen MR) is 62.2 cm³/mol. The highest BCUT2D eigenvalue weighted by Crippen LogP contribution is 2.19. The van der Waals surface area contributed by atoms with Gasteiger partial charge in [0.1, 0.15) is 6.04 Å². The second-order valence-corrected chi connectivity index (χ2v) is 3.71. The van der Waals surface area contributed by atoms with Crippen LogP contribution in [0.1, 0.15) is 5.56 Å². The molecule has 86 valence electrons. The Hall–Kier alpha value is -2.48. The normalized spacial score (nSPS) is 11.9. The molecule has 0 bridgehead atoms. The Labute approximate surface area is 97.7 Å². The molecule has 5 nitrogen and oxygen atoms in total. The van der Waals surface area contributed by atoms with Crippen molar-refractivity contribution in [3.05, 3.63) is 36.0 Å². The van der Waals surface area contributed by atoms with Crippen LogP contribution in [0.25, 0.3) is 10.9 Å². The van der Waals surface area contributed by atoms with E-state index in [0.717, 1.165) is 16.5 Å². The molecule has 0 spiro atoms. The lowest BCUT2D eigenvalue weighted by molar-refractivity contribution is -0.139. The van der Waals surface area contributed by atoms with E-state index in [1.807, 2.05) is 24.3 Å². The maximum atomic E-state index is 10.9. The van der Waals surface area contributed by atoms with Crippen molar-refractivity contribution >= 4 is 16.9 Å². The van der Waals surface area contributed by atoms with Gasteiger partial charge in [-0.3, -0.25) is 0 Å². The van der Waals surface area contributed by atoms with E-state index in [1.54, 1.807) is 12.4 Å². The second-order valence-electron chi connectivity index (χ2n) is 3.71. The number of hydrogen-bond acceptors (Lipinski definition) is 3. The zero-order chi connectivity index (χ0) is 12.3. The fraction of sp³-hybridized carbons (Fsp3) is 0.167. The van der Waals surface area contributed by atoms with Crippen LogP contribution in [-0.2, 0) is 11.2 Å². The Kier molecular flexibility index (Phi) is 2.97. The molecular formula is C12H11N3O2. The number of H-pyrrole nitrogens is 1. The average Bonchev–Trinajstić information content (AvgIpc) is 2.72. The van der Waals surface area contributed by atoms with Gasteiger partial charge in [-0.1, -0.05) is 18.2 Å². The smallest absolute Gasteiger partial charge is 0.327 e. The Morgan fingerprint density at radius 2 is 2.29 bits per heavy atom. The Balaban J connectivity index is 2.28. The number of carboxylic acid groups (broad SMARTS) is 1. The molecular weight excluding hydrogens is 218 g/mol. The van der Waals surface area contributed by atoms with Crippen LogP contribution in [0.3, 0.4) is 0 Å². The van der Waals surface area contributed by atoms with Crippen LogP contribution < -0.4 is 5.32 Å². The molecule has 5 heteroatoms. The van der Waals surface area contributed by atoms with Crippen LogP contribution in [0.4, 0.5) is 0 Å². The van der Waals surface area contributed by atoms with E-state index in [0.29, 0.717) is 0 Å². The average molecular weight is 229 g/mol. The third kappa shape index (κ3) is 2.21. The van der Waals surface area contributed by atoms with Gasteiger partial charge in [0, 0.05) is 23.5 Å². The van der Waals surface area contributed by atoms with Gasteiger partial charge in [-0.25, -0.2) is 4.79 Å². The molecule has 0 saturated carbocycles. The molecule has 0 saturated heterocycles. The summed E-state index contributed by atoms with van der Waals surface area (Å²) in [4.78, 5) is 14.0. The van der Waals surface area contributed by atoms with E-state index in [-0.39, 0.29) is 6.42 Å². The van der Waals surface area contributed by atoms with E-state index in [1.165, 1.54) is 0 Å². The van der Waals surface area contributed by atoms with E-state index in [4.69, 9.17) is 10.4 Å². The SMILES string of the molecule is N#CNC(Cc1c[nH]c2ccccc12)C(=O)O. The maximum absolute atomic E-state index is 10.9. The third-order valence-electron chi connectivity index (χ3n) is 2.64. The summed E-state index contributed by atoms with van der Waals surface area (Å²) in [6, 6.07) is 6.76. The molecule has 2 rings (SSSR count). The van der Waals surface area contributed by atoms with Crippen molar-refractivity contribution in [3.63, 3.8) is 0 Å². The summed E-state index contributed by atoms with van der Waals surface area (Å²) in [6.07, 6.45) is 3.72. The molecule has 0 radical (unpaired) electrons. The molecule has 1 aromatic carbocycles. The van der Waals surface area contributed by atoms with Crippen LogP contribution in [0.2, 0.25) is 0 Å². The van der Waals surface area contributed by atoms with Crippen molar-refractivity contribution < 1.29 is 9.90 Å². The zero-order valence-corrected chi connectivity index (χ0v) is 8.97. The Bertz CT molecular complexity index is 583. The highest BCUT2D eigenvalue weighted by molar-refractivity contribution is 5.84. The fourth-order valence-corrected chi connectivity index (χ4v) is 1.80. The van der Waals surface area contributed by atoms with Crippen LogP contribution in [0.5, 0.6) is 0 Å².